The topological polar surface area (TPSA) is 66.0 Å². The van der Waals surface area contributed by atoms with Crippen molar-refractivity contribution in [2.75, 3.05) is 0 Å². The van der Waals surface area contributed by atoms with Crippen LogP contribution in [-0.4, -0.2) is 14.8 Å². The third-order valence-electron chi connectivity index (χ3n) is 3.55. The Bertz CT molecular complexity index is 764. The second kappa shape index (κ2) is 5.54. The van der Waals surface area contributed by atoms with E-state index in [0.29, 0.717) is 6.61 Å². The Hall–Kier alpha value is -2.40. The average Bonchev–Trinajstić information content (AvgIpc) is 2.89. The van der Waals surface area contributed by atoms with E-state index in [1.165, 1.54) is 6.33 Å². The van der Waals surface area contributed by atoms with Gasteiger partial charge < -0.3 is 10.5 Å². The third kappa shape index (κ3) is 2.60. The first kappa shape index (κ1) is 13.6. The molecule has 3 aromatic rings. The molecule has 0 aliphatic carbocycles. The summed E-state index contributed by atoms with van der Waals surface area (Å²) < 4.78 is 7.74. The van der Waals surface area contributed by atoms with Gasteiger partial charge in [0.1, 0.15) is 18.7 Å². The minimum Gasteiger partial charge on any atom is -0.485 e. The van der Waals surface area contributed by atoms with Gasteiger partial charge in [-0.2, -0.15) is 5.10 Å². The van der Waals surface area contributed by atoms with E-state index in [-0.39, 0.29) is 6.04 Å². The Balaban J connectivity index is 2.02. The lowest BCUT2D eigenvalue weighted by atomic mass is 10.0. The highest BCUT2D eigenvalue weighted by atomic mass is 16.5. The van der Waals surface area contributed by atoms with Gasteiger partial charge in [0, 0.05) is 24.0 Å². The van der Waals surface area contributed by atoms with Crippen LogP contribution in [-0.2, 0) is 13.7 Å². The van der Waals surface area contributed by atoms with Crippen LogP contribution in [0.4, 0.5) is 0 Å². The molecular weight excluding hydrogens is 264 g/mol. The molecule has 0 aliphatic heterocycles. The van der Waals surface area contributed by atoms with Crippen LogP contribution in [0.2, 0.25) is 0 Å². The van der Waals surface area contributed by atoms with Gasteiger partial charge in [-0.25, -0.2) is 4.98 Å². The van der Waals surface area contributed by atoms with Crippen molar-refractivity contribution in [3.63, 3.8) is 0 Å². The predicted octanol–water partition coefficient (Wildman–Crippen LogP) is 2.57. The van der Waals surface area contributed by atoms with Crippen LogP contribution in [0, 0.1) is 0 Å². The quantitative estimate of drug-likeness (QED) is 0.798. The van der Waals surface area contributed by atoms with E-state index >= 15 is 0 Å². The first-order valence-electron chi connectivity index (χ1n) is 6.89. The van der Waals surface area contributed by atoms with Crippen LogP contribution in [0.1, 0.15) is 24.4 Å². The van der Waals surface area contributed by atoms with E-state index in [1.54, 1.807) is 4.68 Å². The zero-order valence-corrected chi connectivity index (χ0v) is 12.2. The summed E-state index contributed by atoms with van der Waals surface area (Å²) in [6.07, 6.45) is 1.52. The molecule has 108 valence electrons. The molecule has 3 rings (SSSR count). The molecule has 0 unspecified atom stereocenters. The first-order chi connectivity index (χ1) is 10.2. The van der Waals surface area contributed by atoms with Gasteiger partial charge >= 0.3 is 0 Å². The number of benzene rings is 2. The summed E-state index contributed by atoms with van der Waals surface area (Å²) in [5, 5.41) is 6.25. The van der Waals surface area contributed by atoms with E-state index in [2.05, 4.69) is 22.2 Å². The van der Waals surface area contributed by atoms with Gasteiger partial charge in [0.2, 0.25) is 0 Å². The first-order valence-corrected chi connectivity index (χ1v) is 6.89. The SMILES string of the molecule is C[C@H](N)c1ccc2ccccc2c1OCc1ncnn1C. The maximum Gasteiger partial charge on any atom is 0.164 e. The zero-order chi connectivity index (χ0) is 14.8. The van der Waals surface area contributed by atoms with Crippen molar-refractivity contribution < 1.29 is 4.74 Å². The van der Waals surface area contributed by atoms with E-state index in [9.17, 15) is 0 Å². The molecule has 0 fully saturated rings. The Morgan fingerprint density at radius 2 is 2.05 bits per heavy atom. The van der Waals surface area contributed by atoms with Crippen molar-refractivity contribution in [2.24, 2.45) is 12.8 Å². The van der Waals surface area contributed by atoms with Crippen LogP contribution in [0.5, 0.6) is 5.75 Å². The molecule has 1 atom stereocenters. The summed E-state index contributed by atoms with van der Waals surface area (Å²) in [6, 6.07) is 12.1. The Labute approximate surface area is 123 Å². The molecule has 21 heavy (non-hydrogen) atoms. The fourth-order valence-corrected chi connectivity index (χ4v) is 2.37. The van der Waals surface area contributed by atoms with Crippen LogP contribution in [0.3, 0.4) is 0 Å². The number of fused-ring (bicyclic) bond motifs is 1. The van der Waals surface area contributed by atoms with E-state index < -0.39 is 0 Å². The maximum absolute atomic E-state index is 6.07. The fourth-order valence-electron chi connectivity index (χ4n) is 2.37. The van der Waals surface area contributed by atoms with E-state index in [0.717, 1.165) is 27.9 Å². The molecule has 0 bridgehead atoms. The molecule has 0 radical (unpaired) electrons. The fraction of sp³-hybridized carbons (Fsp3) is 0.250. The summed E-state index contributed by atoms with van der Waals surface area (Å²) >= 11 is 0. The van der Waals surface area contributed by atoms with Crippen LogP contribution in [0.25, 0.3) is 10.8 Å². The van der Waals surface area contributed by atoms with Gasteiger partial charge in [-0.1, -0.05) is 36.4 Å². The molecular formula is C16H18N4O. The molecule has 0 spiro atoms. The average molecular weight is 282 g/mol. The van der Waals surface area contributed by atoms with Crippen LogP contribution >= 0.6 is 0 Å². The lowest BCUT2D eigenvalue weighted by molar-refractivity contribution is 0.289. The van der Waals surface area contributed by atoms with Gasteiger partial charge in [-0.3, -0.25) is 4.68 Å². The van der Waals surface area contributed by atoms with Gasteiger partial charge in [-0.05, 0) is 12.3 Å². The number of hydrogen-bond acceptors (Lipinski definition) is 4. The van der Waals surface area contributed by atoms with Crippen molar-refractivity contribution in [1.29, 1.82) is 0 Å². The molecule has 2 aromatic carbocycles. The molecule has 0 aliphatic rings. The normalized spacial score (nSPS) is 12.5. The summed E-state index contributed by atoms with van der Waals surface area (Å²) in [5.74, 6) is 1.60. The van der Waals surface area contributed by atoms with Crippen molar-refractivity contribution >= 4 is 10.8 Å². The molecule has 1 aromatic heterocycles. The zero-order valence-electron chi connectivity index (χ0n) is 12.2. The third-order valence-corrected chi connectivity index (χ3v) is 3.55. The van der Waals surface area contributed by atoms with Gasteiger partial charge in [-0.15, -0.1) is 0 Å². The Morgan fingerprint density at radius 3 is 2.76 bits per heavy atom. The van der Waals surface area contributed by atoms with Gasteiger partial charge in [0.15, 0.2) is 5.82 Å². The van der Waals surface area contributed by atoms with Crippen molar-refractivity contribution in [1.82, 2.24) is 14.8 Å². The standard InChI is InChI=1S/C16H18N4O/c1-11(17)13-8-7-12-5-3-4-6-14(12)16(13)21-9-15-18-10-19-20(15)2/h3-8,10-11H,9,17H2,1-2H3/t11-/m0/s1. The lowest BCUT2D eigenvalue weighted by Crippen LogP contribution is -2.10. The van der Waals surface area contributed by atoms with E-state index in [4.69, 9.17) is 10.5 Å². The molecule has 5 nitrogen and oxygen atoms in total. The number of hydrogen-bond donors (Lipinski definition) is 1. The minimum atomic E-state index is -0.0934. The van der Waals surface area contributed by atoms with E-state index in [1.807, 2.05) is 38.2 Å². The monoisotopic (exact) mass is 282 g/mol. The number of nitrogens with zero attached hydrogens (tertiary/aromatic N) is 3. The highest BCUT2D eigenvalue weighted by molar-refractivity contribution is 5.89. The molecule has 0 saturated heterocycles. The molecule has 0 saturated carbocycles. The summed E-state index contributed by atoms with van der Waals surface area (Å²) in [5.41, 5.74) is 7.07. The molecule has 0 amide bonds. The maximum atomic E-state index is 6.07. The van der Waals surface area contributed by atoms with Gasteiger partial charge in [0.05, 0.1) is 0 Å². The number of aryl methyl sites for hydroxylation is 1. The highest BCUT2D eigenvalue weighted by Gasteiger charge is 2.13. The second-order valence-corrected chi connectivity index (χ2v) is 5.08. The highest BCUT2D eigenvalue weighted by Crippen LogP contribution is 2.33. The van der Waals surface area contributed by atoms with Gasteiger partial charge in [0.25, 0.3) is 0 Å². The number of aromatic nitrogens is 3. The second-order valence-electron chi connectivity index (χ2n) is 5.08. The molecule has 2 N–H and O–H groups in total. The van der Waals surface area contributed by atoms with Crippen LogP contribution in [0.15, 0.2) is 42.7 Å². The van der Waals surface area contributed by atoms with Crippen molar-refractivity contribution in [2.45, 2.75) is 19.6 Å². The summed E-state index contributed by atoms with van der Waals surface area (Å²) in [7, 11) is 1.85. The van der Waals surface area contributed by atoms with Crippen molar-refractivity contribution in [3.05, 3.63) is 54.1 Å². The number of nitrogens with two attached hydrogens (primary N) is 1. The largest absolute Gasteiger partial charge is 0.485 e. The number of rotatable bonds is 4. The molecule has 5 heteroatoms. The summed E-state index contributed by atoms with van der Waals surface area (Å²) in [4.78, 5) is 4.18. The number of ether oxygens (including phenoxy) is 1. The Morgan fingerprint density at radius 1 is 1.24 bits per heavy atom. The smallest absolute Gasteiger partial charge is 0.164 e. The summed E-state index contributed by atoms with van der Waals surface area (Å²) in [6.45, 7) is 2.32. The minimum absolute atomic E-state index is 0.0934. The van der Waals surface area contributed by atoms with Crippen LogP contribution < -0.4 is 10.5 Å². The lowest BCUT2D eigenvalue weighted by Gasteiger charge is -2.16. The molecule has 1 heterocycles. The Kier molecular flexibility index (Phi) is 3.58. The van der Waals surface area contributed by atoms with Crippen molar-refractivity contribution in [3.8, 4) is 5.75 Å². The predicted molar refractivity (Wildman–Crippen MR) is 81.9 cm³/mol.